The second-order valence-corrected chi connectivity index (χ2v) is 5.77. The van der Waals surface area contributed by atoms with Crippen molar-refractivity contribution < 1.29 is 13.6 Å². The van der Waals surface area contributed by atoms with Crippen LogP contribution in [-0.4, -0.2) is 46.5 Å². The number of urea groups is 1. The molecule has 0 saturated carbocycles. The maximum Gasteiger partial charge on any atom is 0.317 e. The average molecular weight is 336 g/mol. The molecule has 128 valence electrons. The largest absolute Gasteiger partial charge is 0.332 e. The van der Waals surface area contributed by atoms with Crippen LogP contribution < -0.4 is 10.9 Å². The lowest BCUT2D eigenvalue weighted by molar-refractivity contribution is 0.134. The normalized spacial score (nSPS) is 15.9. The Hall–Kier alpha value is -2.51. The molecule has 1 fully saturated rings. The summed E-state index contributed by atoms with van der Waals surface area (Å²) in [5.74, 6) is 0. The van der Waals surface area contributed by atoms with Crippen LogP contribution in [0.25, 0.3) is 10.9 Å². The lowest BCUT2D eigenvalue weighted by Crippen LogP contribution is -2.46. The molecule has 6 nitrogen and oxygen atoms in total. The number of para-hydroxylation sites is 1. The second kappa shape index (κ2) is 6.94. The first-order chi connectivity index (χ1) is 11.6. The Morgan fingerprint density at radius 2 is 2.00 bits per heavy atom. The zero-order valence-electron chi connectivity index (χ0n) is 13.0. The number of fused-ring (bicyclic) bond motifs is 1. The molecule has 1 aromatic heterocycles. The molecule has 1 aromatic carbocycles. The van der Waals surface area contributed by atoms with Crippen LogP contribution in [-0.2, 0) is 0 Å². The molecule has 0 unspecified atom stereocenters. The van der Waals surface area contributed by atoms with Crippen LogP contribution in [0.3, 0.4) is 0 Å². The summed E-state index contributed by atoms with van der Waals surface area (Å²) in [6.45, 7) is 0.185. The quantitative estimate of drug-likeness (QED) is 0.932. The summed E-state index contributed by atoms with van der Waals surface area (Å²) in [7, 11) is 0. The predicted molar refractivity (Wildman–Crippen MR) is 85.2 cm³/mol. The molecular weight excluding hydrogens is 318 g/mol. The van der Waals surface area contributed by atoms with Gasteiger partial charge in [0, 0.05) is 19.1 Å². The number of hydrogen-bond donors (Lipinski definition) is 1. The van der Waals surface area contributed by atoms with E-state index in [1.54, 1.807) is 29.1 Å². The summed E-state index contributed by atoms with van der Waals surface area (Å²) >= 11 is 0. The van der Waals surface area contributed by atoms with Crippen LogP contribution >= 0.6 is 0 Å². The van der Waals surface area contributed by atoms with Gasteiger partial charge in [0.1, 0.15) is 0 Å². The fourth-order valence-corrected chi connectivity index (χ4v) is 2.97. The van der Waals surface area contributed by atoms with Gasteiger partial charge in [-0.25, -0.2) is 18.6 Å². The van der Waals surface area contributed by atoms with Crippen molar-refractivity contribution in [1.29, 1.82) is 0 Å². The van der Waals surface area contributed by atoms with E-state index in [0.717, 1.165) is 0 Å². The lowest BCUT2D eigenvalue weighted by atomic mass is 10.0. The molecule has 0 spiro atoms. The first-order valence-electron chi connectivity index (χ1n) is 7.83. The van der Waals surface area contributed by atoms with E-state index in [2.05, 4.69) is 10.3 Å². The first-order valence-corrected chi connectivity index (χ1v) is 7.83. The van der Waals surface area contributed by atoms with Gasteiger partial charge in [0.2, 0.25) is 0 Å². The van der Waals surface area contributed by atoms with E-state index in [1.165, 1.54) is 4.90 Å². The Kier molecular flexibility index (Phi) is 4.73. The summed E-state index contributed by atoms with van der Waals surface area (Å²) in [4.78, 5) is 30.2. The van der Waals surface area contributed by atoms with Crippen LogP contribution in [0.4, 0.5) is 13.6 Å². The molecule has 0 radical (unpaired) electrons. The highest BCUT2D eigenvalue weighted by Crippen LogP contribution is 2.21. The van der Waals surface area contributed by atoms with E-state index >= 15 is 0 Å². The number of rotatable bonds is 3. The van der Waals surface area contributed by atoms with Gasteiger partial charge in [-0.15, -0.1) is 0 Å². The molecule has 0 atom stereocenters. The summed E-state index contributed by atoms with van der Waals surface area (Å²) < 4.78 is 25.9. The van der Waals surface area contributed by atoms with E-state index in [0.29, 0.717) is 36.8 Å². The van der Waals surface area contributed by atoms with E-state index in [4.69, 9.17) is 0 Å². The van der Waals surface area contributed by atoms with Gasteiger partial charge in [-0.2, -0.15) is 0 Å². The standard InChI is InChI=1S/C16H18F2N4O2/c17-14(18)9-19-16(24)21-7-5-11(6-8-21)22-10-20-13-4-2-1-3-12(13)15(22)23/h1-4,10-11,14H,5-9H2,(H,19,24). The first kappa shape index (κ1) is 16.4. The summed E-state index contributed by atoms with van der Waals surface area (Å²) in [6.07, 6.45) is 0.153. The van der Waals surface area contributed by atoms with Gasteiger partial charge in [-0.3, -0.25) is 9.36 Å². The number of halogens is 2. The minimum absolute atomic E-state index is 0.0474. The zero-order chi connectivity index (χ0) is 17.1. The Morgan fingerprint density at radius 3 is 2.71 bits per heavy atom. The topological polar surface area (TPSA) is 67.2 Å². The van der Waals surface area contributed by atoms with Crippen molar-refractivity contribution in [2.75, 3.05) is 19.6 Å². The number of aromatic nitrogens is 2. The highest BCUT2D eigenvalue weighted by molar-refractivity contribution is 5.77. The van der Waals surface area contributed by atoms with Crippen LogP contribution in [0.5, 0.6) is 0 Å². The van der Waals surface area contributed by atoms with Crippen molar-refractivity contribution in [1.82, 2.24) is 19.8 Å². The average Bonchev–Trinajstić information content (AvgIpc) is 2.60. The molecule has 2 amide bonds. The molecular formula is C16H18F2N4O2. The van der Waals surface area contributed by atoms with Gasteiger partial charge < -0.3 is 10.2 Å². The van der Waals surface area contributed by atoms with Gasteiger partial charge in [0.05, 0.1) is 23.8 Å². The maximum absolute atomic E-state index is 12.6. The van der Waals surface area contributed by atoms with Crippen molar-refractivity contribution in [3.05, 3.63) is 40.9 Å². The van der Waals surface area contributed by atoms with Crippen molar-refractivity contribution in [3.8, 4) is 0 Å². The van der Waals surface area contributed by atoms with Crippen molar-refractivity contribution in [2.24, 2.45) is 0 Å². The highest BCUT2D eigenvalue weighted by atomic mass is 19.3. The minimum Gasteiger partial charge on any atom is -0.332 e. The molecule has 24 heavy (non-hydrogen) atoms. The number of alkyl halides is 2. The minimum atomic E-state index is -2.56. The van der Waals surface area contributed by atoms with Crippen LogP contribution in [0, 0.1) is 0 Å². The summed E-state index contributed by atoms with van der Waals surface area (Å²) in [5, 5.41) is 2.76. The number of benzene rings is 1. The van der Waals surface area contributed by atoms with Crippen molar-refractivity contribution >= 4 is 16.9 Å². The van der Waals surface area contributed by atoms with Crippen molar-refractivity contribution in [3.63, 3.8) is 0 Å². The summed E-state index contributed by atoms with van der Waals surface area (Å²) in [6, 6.07) is 6.62. The highest BCUT2D eigenvalue weighted by Gasteiger charge is 2.25. The van der Waals surface area contributed by atoms with Crippen LogP contribution in [0.2, 0.25) is 0 Å². The van der Waals surface area contributed by atoms with E-state index in [1.807, 2.05) is 6.07 Å². The van der Waals surface area contributed by atoms with Crippen molar-refractivity contribution in [2.45, 2.75) is 25.3 Å². The number of piperidine rings is 1. The monoisotopic (exact) mass is 336 g/mol. The van der Waals surface area contributed by atoms with E-state index < -0.39 is 19.0 Å². The maximum atomic E-state index is 12.6. The molecule has 2 aromatic rings. The lowest BCUT2D eigenvalue weighted by Gasteiger charge is -2.32. The third-order valence-corrected chi connectivity index (χ3v) is 4.24. The number of likely N-dealkylation sites (tertiary alicyclic amines) is 1. The number of hydrogen-bond acceptors (Lipinski definition) is 3. The molecule has 1 saturated heterocycles. The molecule has 1 aliphatic heterocycles. The molecule has 3 rings (SSSR count). The third kappa shape index (κ3) is 3.37. The van der Waals surface area contributed by atoms with Gasteiger partial charge in [-0.05, 0) is 25.0 Å². The zero-order valence-corrected chi connectivity index (χ0v) is 13.0. The smallest absolute Gasteiger partial charge is 0.317 e. The molecule has 0 aliphatic carbocycles. The number of carbonyl (C=O) groups is 1. The van der Waals surface area contributed by atoms with Gasteiger partial charge >= 0.3 is 6.03 Å². The number of nitrogens with one attached hydrogen (secondary N) is 1. The Bertz CT molecular complexity index is 785. The number of nitrogens with zero attached hydrogens (tertiary/aromatic N) is 3. The Balaban J connectivity index is 1.68. The number of amides is 2. The molecule has 2 heterocycles. The van der Waals surface area contributed by atoms with E-state index in [-0.39, 0.29) is 11.6 Å². The third-order valence-electron chi connectivity index (χ3n) is 4.24. The van der Waals surface area contributed by atoms with Gasteiger partial charge in [0.15, 0.2) is 0 Å². The molecule has 1 N–H and O–H groups in total. The Labute approximate surface area is 137 Å². The Morgan fingerprint density at radius 1 is 1.29 bits per heavy atom. The molecule has 1 aliphatic rings. The second-order valence-electron chi connectivity index (χ2n) is 5.77. The van der Waals surface area contributed by atoms with Gasteiger partial charge in [0.25, 0.3) is 12.0 Å². The van der Waals surface area contributed by atoms with Crippen LogP contribution in [0.1, 0.15) is 18.9 Å². The fourth-order valence-electron chi connectivity index (χ4n) is 2.97. The number of carbonyl (C=O) groups excluding carboxylic acids is 1. The predicted octanol–water partition coefficient (Wildman–Crippen LogP) is 2.01. The SMILES string of the molecule is O=C(NCC(F)F)N1CCC(n2cnc3ccccc3c2=O)CC1. The van der Waals surface area contributed by atoms with Gasteiger partial charge in [-0.1, -0.05) is 12.1 Å². The van der Waals surface area contributed by atoms with E-state index in [9.17, 15) is 18.4 Å². The summed E-state index contributed by atoms with van der Waals surface area (Å²) in [5.41, 5.74) is 0.559. The molecule has 8 heteroatoms. The molecule has 0 bridgehead atoms. The fraction of sp³-hybridized carbons (Fsp3) is 0.438. The van der Waals surface area contributed by atoms with Crippen LogP contribution in [0.15, 0.2) is 35.4 Å².